The van der Waals surface area contributed by atoms with Crippen molar-refractivity contribution in [2.45, 2.75) is 40.8 Å². The minimum Gasteiger partial charge on any atom is -0.464 e. The Labute approximate surface area is 257 Å². The number of ether oxygens (including phenoxy) is 2. The summed E-state index contributed by atoms with van der Waals surface area (Å²) in [7, 11) is 0. The number of benzene rings is 4. The third-order valence-electron chi connectivity index (χ3n) is 8.70. The first-order valence-electron chi connectivity index (χ1n) is 15.3. The van der Waals surface area contributed by atoms with Crippen LogP contribution in [0.5, 0.6) is 0 Å². The number of rotatable bonds is 10. The summed E-state index contributed by atoms with van der Waals surface area (Å²) >= 11 is 0. The molecular weight excluding hydrogens is 548 g/mol. The molecule has 1 unspecified atom stereocenters. The molecular formula is C38H38N2O4. The van der Waals surface area contributed by atoms with E-state index in [2.05, 4.69) is 94.6 Å². The van der Waals surface area contributed by atoms with Gasteiger partial charge in [0, 0.05) is 49.2 Å². The van der Waals surface area contributed by atoms with E-state index in [1.165, 1.54) is 10.8 Å². The van der Waals surface area contributed by atoms with Gasteiger partial charge in [0.1, 0.15) is 13.2 Å². The van der Waals surface area contributed by atoms with Gasteiger partial charge in [-0.05, 0) is 42.7 Å². The number of hydrogen-bond donors (Lipinski definition) is 0. The highest BCUT2D eigenvalue weighted by Crippen LogP contribution is 2.38. The molecule has 0 amide bonds. The van der Waals surface area contributed by atoms with Crippen LogP contribution in [0.3, 0.4) is 0 Å². The Morgan fingerprint density at radius 3 is 2.00 bits per heavy atom. The molecule has 0 N–H and O–H groups in total. The third-order valence-corrected chi connectivity index (χ3v) is 8.70. The molecule has 0 fully saturated rings. The maximum absolute atomic E-state index is 12.6. The van der Waals surface area contributed by atoms with Gasteiger partial charge in [-0.3, -0.25) is 4.79 Å². The molecule has 0 saturated heterocycles. The minimum atomic E-state index is -0.374. The Morgan fingerprint density at radius 2 is 1.30 bits per heavy atom. The molecule has 6 heteroatoms. The van der Waals surface area contributed by atoms with Crippen molar-refractivity contribution in [3.63, 3.8) is 0 Å². The Balaban J connectivity index is 1.43. The Bertz CT molecular complexity index is 2040. The first-order chi connectivity index (χ1) is 21.3. The van der Waals surface area contributed by atoms with E-state index >= 15 is 0 Å². The van der Waals surface area contributed by atoms with Gasteiger partial charge in [-0.2, -0.15) is 0 Å². The van der Waals surface area contributed by atoms with E-state index in [4.69, 9.17) is 9.47 Å². The lowest BCUT2D eigenvalue weighted by Crippen LogP contribution is -2.21. The van der Waals surface area contributed by atoms with Crippen molar-refractivity contribution in [2.75, 3.05) is 13.2 Å². The zero-order valence-corrected chi connectivity index (χ0v) is 25.8. The van der Waals surface area contributed by atoms with Crippen LogP contribution in [0.2, 0.25) is 0 Å². The summed E-state index contributed by atoms with van der Waals surface area (Å²) in [6, 6.07) is 29.8. The summed E-state index contributed by atoms with van der Waals surface area (Å²) in [5.74, 6) is -0.441. The van der Waals surface area contributed by atoms with Crippen LogP contribution in [0.1, 0.15) is 27.7 Å². The van der Waals surface area contributed by atoms with E-state index in [9.17, 15) is 9.59 Å². The molecule has 0 saturated carbocycles. The topological polar surface area (TPSA) is 62.5 Å². The molecule has 0 bridgehead atoms. The average Bonchev–Trinajstić information content (AvgIpc) is 3.52. The summed E-state index contributed by atoms with van der Waals surface area (Å²) in [5, 5.41) is 4.63. The SMILES string of the molecule is C=C(C)C(=O)OCCn1c2ccccc2c2cc(-c3cccc4c5ccccc5n(CCOC(=O)C(C)C(C)C)c34)ccc21. The number of fused-ring (bicyclic) bond motifs is 6. The molecule has 224 valence electrons. The van der Waals surface area contributed by atoms with Crippen LogP contribution in [0.15, 0.2) is 97.1 Å². The number of aromatic nitrogens is 2. The average molecular weight is 587 g/mol. The van der Waals surface area contributed by atoms with E-state index in [1.807, 2.05) is 26.8 Å². The first kappa shape index (κ1) is 29.2. The molecule has 4 aromatic carbocycles. The molecule has 0 aliphatic rings. The maximum Gasteiger partial charge on any atom is 0.333 e. The highest BCUT2D eigenvalue weighted by Gasteiger charge is 2.20. The second-order valence-electron chi connectivity index (χ2n) is 11.9. The van der Waals surface area contributed by atoms with Crippen LogP contribution < -0.4 is 0 Å². The van der Waals surface area contributed by atoms with Crippen molar-refractivity contribution in [3.8, 4) is 11.1 Å². The van der Waals surface area contributed by atoms with Gasteiger partial charge in [-0.25, -0.2) is 4.79 Å². The molecule has 0 aliphatic carbocycles. The van der Waals surface area contributed by atoms with E-state index < -0.39 is 0 Å². The van der Waals surface area contributed by atoms with E-state index in [0.717, 1.165) is 44.0 Å². The Kier molecular flexibility index (Phi) is 8.00. The summed E-state index contributed by atoms with van der Waals surface area (Å²) in [6.45, 7) is 13.0. The molecule has 0 spiro atoms. The molecule has 6 nitrogen and oxygen atoms in total. The van der Waals surface area contributed by atoms with Gasteiger partial charge < -0.3 is 18.6 Å². The summed E-state index contributed by atoms with van der Waals surface area (Å²) in [6.07, 6.45) is 0. The quantitative estimate of drug-likeness (QED) is 0.119. The van der Waals surface area contributed by atoms with Crippen LogP contribution in [0.4, 0.5) is 0 Å². The zero-order valence-electron chi connectivity index (χ0n) is 25.8. The number of esters is 2. The highest BCUT2D eigenvalue weighted by atomic mass is 16.5. The summed E-state index contributed by atoms with van der Waals surface area (Å²) in [5.41, 5.74) is 7.04. The van der Waals surface area contributed by atoms with Crippen molar-refractivity contribution in [2.24, 2.45) is 11.8 Å². The lowest BCUT2D eigenvalue weighted by atomic mass is 9.99. The Hall–Kier alpha value is -4.84. The number of hydrogen-bond acceptors (Lipinski definition) is 4. The maximum atomic E-state index is 12.6. The predicted molar refractivity (Wildman–Crippen MR) is 179 cm³/mol. The highest BCUT2D eigenvalue weighted by molar-refractivity contribution is 6.14. The van der Waals surface area contributed by atoms with Gasteiger partial charge in [0.15, 0.2) is 0 Å². The van der Waals surface area contributed by atoms with Crippen LogP contribution in [-0.2, 0) is 32.2 Å². The summed E-state index contributed by atoms with van der Waals surface area (Å²) in [4.78, 5) is 24.6. The van der Waals surface area contributed by atoms with Crippen molar-refractivity contribution < 1.29 is 19.1 Å². The second kappa shape index (κ2) is 12.0. The summed E-state index contributed by atoms with van der Waals surface area (Å²) < 4.78 is 15.7. The standard InChI is InChI=1S/C38H38N2O4/c1-24(2)26(5)38(42)44-22-20-40-34-16-9-6-11-29(34)31-14-10-13-28(36(31)40)27-17-18-35-32(23-27)30-12-7-8-15-33(30)39(35)19-21-43-37(41)25(3)4/h6-18,23-24,26H,3,19-22H2,1-2,4-5H3. The van der Waals surface area contributed by atoms with Crippen LogP contribution >= 0.6 is 0 Å². The van der Waals surface area contributed by atoms with Gasteiger partial charge in [0.2, 0.25) is 0 Å². The van der Waals surface area contributed by atoms with Gasteiger partial charge >= 0.3 is 11.9 Å². The fraction of sp³-hybridized carbons (Fsp3) is 0.263. The smallest absolute Gasteiger partial charge is 0.333 e. The number of para-hydroxylation sites is 3. The molecule has 0 radical (unpaired) electrons. The lowest BCUT2D eigenvalue weighted by Gasteiger charge is -2.16. The van der Waals surface area contributed by atoms with Gasteiger partial charge in [-0.15, -0.1) is 0 Å². The van der Waals surface area contributed by atoms with Crippen molar-refractivity contribution in [3.05, 3.63) is 97.1 Å². The first-order valence-corrected chi connectivity index (χ1v) is 15.3. The molecule has 2 heterocycles. The molecule has 1 atom stereocenters. The number of carbonyl (C=O) groups excluding carboxylic acids is 2. The van der Waals surface area contributed by atoms with Crippen molar-refractivity contribution in [1.29, 1.82) is 0 Å². The zero-order chi connectivity index (χ0) is 31.0. The van der Waals surface area contributed by atoms with E-state index in [-0.39, 0.29) is 30.4 Å². The van der Waals surface area contributed by atoms with Crippen molar-refractivity contribution >= 4 is 55.6 Å². The van der Waals surface area contributed by atoms with E-state index in [1.54, 1.807) is 6.92 Å². The largest absolute Gasteiger partial charge is 0.464 e. The Morgan fingerprint density at radius 1 is 0.705 bits per heavy atom. The fourth-order valence-corrected chi connectivity index (χ4v) is 6.03. The van der Waals surface area contributed by atoms with Crippen LogP contribution in [0, 0.1) is 11.8 Å². The molecule has 6 rings (SSSR count). The molecule has 2 aromatic heterocycles. The minimum absolute atomic E-state index is 0.143. The normalized spacial score (nSPS) is 12.4. The monoisotopic (exact) mass is 586 g/mol. The third kappa shape index (κ3) is 5.25. The number of carbonyl (C=O) groups is 2. The molecule has 6 aromatic rings. The second-order valence-corrected chi connectivity index (χ2v) is 11.9. The van der Waals surface area contributed by atoms with E-state index in [0.29, 0.717) is 25.3 Å². The van der Waals surface area contributed by atoms with Crippen molar-refractivity contribution in [1.82, 2.24) is 9.13 Å². The number of nitrogens with zero attached hydrogens (tertiary/aromatic N) is 2. The molecule has 44 heavy (non-hydrogen) atoms. The van der Waals surface area contributed by atoms with Crippen LogP contribution in [0.25, 0.3) is 54.7 Å². The van der Waals surface area contributed by atoms with Gasteiger partial charge in [0.25, 0.3) is 0 Å². The predicted octanol–water partition coefficient (Wildman–Crippen LogP) is 8.52. The molecule has 0 aliphatic heterocycles. The van der Waals surface area contributed by atoms with Gasteiger partial charge in [-0.1, -0.05) is 88.0 Å². The lowest BCUT2D eigenvalue weighted by molar-refractivity contribution is -0.149. The van der Waals surface area contributed by atoms with Crippen LogP contribution in [-0.4, -0.2) is 34.3 Å². The fourth-order valence-electron chi connectivity index (χ4n) is 6.03. The van der Waals surface area contributed by atoms with Gasteiger partial charge in [0.05, 0.1) is 24.5 Å².